The number of phenols is 1. The first-order valence-corrected chi connectivity index (χ1v) is 8.68. The van der Waals surface area contributed by atoms with Crippen LogP contribution >= 0.6 is 0 Å². The molecule has 0 aliphatic carbocycles. The first-order chi connectivity index (χ1) is 11.6. The lowest BCUT2D eigenvalue weighted by molar-refractivity contribution is -0.147. The molecule has 1 aromatic rings. The number of carbonyl (C=O) groups excluding carboxylic acids is 1. The third kappa shape index (κ3) is 3.49. The number of piperazine rings is 1. The average molecular weight is 333 g/mol. The molecule has 1 aromatic carbocycles. The molecule has 0 unspecified atom stereocenters. The van der Waals surface area contributed by atoms with Crippen molar-refractivity contribution in [3.05, 3.63) is 24.3 Å². The van der Waals surface area contributed by atoms with Gasteiger partial charge in [0.2, 0.25) is 5.91 Å². The Balaban J connectivity index is 1.62. The summed E-state index contributed by atoms with van der Waals surface area (Å²) in [5.41, 5.74) is 0.731. The summed E-state index contributed by atoms with van der Waals surface area (Å²) in [4.78, 5) is 17.4. The van der Waals surface area contributed by atoms with Crippen molar-refractivity contribution in [1.82, 2.24) is 10.2 Å². The van der Waals surface area contributed by atoms with Crippen LogP contribution in [-0.2, 0) is 9.53 Å². The molecule has 6 heteroatoms. The fourth-order valence-corrected chi connectivity index (χ4v) is 3.77. The van der Waals surface area contributed by atoms with Gasteiger partial charge in [0.05, 0.1) is 12.0 Å². The van der Waals surface area contributed by atoms with E-state index < -0.39 is 0 Å². The Morgan fingerprint density at radius 2 is 1.79 bits per heavy atom. The molecule has 0 spiro atoms. The Kier molecular flexibility index (Phi) is 5.26. The van der Waals surface area contributed by atoms with Crippen molar-refractivity contribution in [3.63, 3.8) is 0 Å². The van der Waals surface area contributed by atoms with Gasteiger partial charge in [0.15, 0.2) is 0 Å². The first-order valence-electron chi connectivity index (χ1n) is 8.68. The van der Waals surface area contributed by atoms with E-state index in [9.17, 15) is 9.90 Å². The number of piperidine rings is 1. The number of phenolic OH excluding ortho intramolecular Hbond substituents is 1. The van der Waals surface area contributed by atoms with Gasteiger partial charge in [-0.05, 0) is 50.2 Å². The third-order valence-electron chi connectivity index (χ3n) is 5.22. The Bertz CT molecular complexity index is 542. The van der Waals surface area contributed by atoms with E-state index in [4.69, 9.17) is 4.74 Å². The average Bonchev–Trinajstić information content (AvgIpc) is 2.63. The van der Waals surface area contributed by atoms with E-state index >= 15 is 0 Å². The summed E-state index contributed by atoms with van der Waals surface area (Å²) in [7, 11) is 1.68. The zero-order chi connectivity index (χ0) is 17.0. The van der Waals surface area contributed by atoms with Gasteiger partial charge in [-0.25, -0.2) is 0 Å². The van der Waals surface area contributed by atoms with Crippen LogP contribution in [0.15, 0.2) is 24.3 Å². The molecule has 3 rings (SSSR count). The van der Waals surface area contributed by atoms with Crippen LogP contribution in [-0.4, -0.2) is 68.9 Å². The summed E-state index contributed by atoms with van der Waals surface area (Å²) in [6.07, 6.45) is 1.69. The van der Waals surface area contributed by atoms with Crippen LogP contribution in [0.4, 0.5) is 5.69 Å². The second-order valence-corrected chi connectivity index (χ2v) is 6.76. The van der Waals surface area contributed by atoms with Crippen LogP contribution in [0.25, 0.3) is 0 Å². The molecule has 2 aliphatic heterocycles. The number of carbonyl (C=O) groups is 1. The Morgan fingerprint density at radius 3 is 2.38 bits per heavy atom. The number of amides is 1. The lowest BCUT2D eigenvalue weighted by Gasteiger charge is -2.43. The number of anilines is 1. The maximum absolute atomic E-state index is 13.1. The monoisotopic (exact) mass is 333 g/mol. The van der Waals surface area contributed by atoms with Gasteiger partial charge in [-0.1, -0.05) is 0 Å². The molecule has 2 aliphatic rings. The molecule has 2 saturated heterocycles. The van der Waals surface area contributed by atoms with Crippen LogP contribution in [0.5, 0.6) is 5.75 Å². The minimum atomic E-state index is -0.360. The van der Waals surface area contributed by atoms with Gasteiger partial charge < -0.3 is 25.0 Å². The SMILES string of the molecule is COCC1(C(=O)N2CCN(c3ccc(O)cc3)CC2)CCNCC1. The highest BCUT2D eigenvalue weighted by Gasteiger charge is 2.42. The van der Waals surface area contributed by atoms with Crippen molar-refractivity contribution in [3.8, 4) is 5.75 Å². The summed E-state index contributed by atoms with van der Waals surface area (Å²) >= 11 is 0. The molecule has 0 saturated carbocycles. The molecule has 1 amide bonds. The highest BCUT2D eigenvalue weighted by Crippen LogP contribution is 2.32. The van der Waals surface area contributed by atoms with E-state index in [0.717, 1.165) is 57.8 Å². The molecule has 0 atom stereocenters. The molecule has 132 valence electrons. The second kappa shape index (κ2) is 7.40. The number of rotatable bonds is 4. The third-order valence-corrected chi connectivity index (χ3v) is 5.22. The molecule has 2 fully saturated rings. The first kappa shape index (κ1) is 17.0. The van der Waals surface area contributed by atoms with Gasteiger partial charge in [0.25, 0.3) is 0 Å². The molecule has 2 heterocycles. The normalized spacial score (nSPS) is 20.9. The Morgan fingerprint density at radius 1 is 1.17 bits per heavy atom. The van der Waals surface area contributed by atoms with E-state index in [1.807, 2.05) is 17.0 Å². The van der Waals surface area contributed by atoms with Crippen molar-refractivity contribution in [1.29, 1.82) is 0 Å². The van der Waals surface area contributed by atoms with Gasteiger partial charge in [0.1, 0.15) is 5.75 Å². The Hall–Kier alpha value is -1.79. The zero-order valence-electron chi connectivity index (χ0n) is 14.3. The number of hydrogen-bond acceptors (Lipinski definition) is 5. The van der Waals surface area contributed by atoms with Crippen LogP contribution < -0.4 is 10.2 Å². The van der Waals surface area contributed by atoms with Crippen molar-refractivity contribution < 1.29 is 14.6 Å². The van der Waals surface area contributed by atoms with Crippen LogP contribution in [0, 0.1) is 5.41 Å². The number of ether oxygens (including phenoxy) is 1. The molecule has 0 bridgehead atoms. The quantitative estimate of drug-likeness (QED) is 0.862. The zero-order valence-corrected chi connectivity index (χ0v) is 14.3. The predicted octanol–water partition coefficient (Wildman–Crippen LogP) is 1.06. The van der Waals surface area contributed by atoms with Gasteiger partial charge >= 0.3 is 0 Å². The number of hydrogen-bond donors (Lipinski definition) is 2. The molecular formula is C18H27N3O3. The van der Waals surface area contributed by atoms with Gasteiger partial charge in [-0.2, -0.15) is 0 Å². The van der Waals surface area contributed by atoms with E-state index in [1.165, 1.54) is 0 Å². The van der Waals surface area contributed by atoms with Gasteiger partial charge in [-0.3, -0.25) is 4.79 Å². The number of benzene rings is 1. The van der Waals surface area contributed by atoms with E-state index in [1.54, 1.807) is 19.2 Å². The second-order valence-electron chi connectivity index (χ2n) is 6.76. The summed E-state index contributed by atoms with van der Waals surface area (Å²) in [5, 5.41) is 12.7. The molecular weight excluding hydrogens is 306 g/mol. The molecule has 0 aromatic heterocycles. The van der Waals surface area contributed by atoms with Crippen molar-refractivity contribution in [2.24, 2.45) is 5.41 Å². The summed E-state index contributed by atoms with van der Waals surface area (Å²) < 4.78 is 5.39. The minimum Gasteiger partial charge on any atom is -0.508 e. The van der Waals surface area contributed by atoms with Crippen LogP contribution in [0.1, 0.15) is 12.8 Å². The highest BCUT2D eigenvalue weighted by atomic mass is 16.5. The lowest BCUT2D eigenvalue weighted by Crippen LogP contribution is -2.56. The summed E-state index contributed by atoms with van der Waals surface area (Å²) in [6.45, 7) is 5.36. The van der Waals surface area contributed by atoms with Crippen LogP contribution in [0.2, 0.25) is 0 Å². The molecule has 0 radical (unpaired) electrons. The Labute approximate surface area is 143 Å². The van der Waals surface area contributed by atoms with Crippen molar-refractivity contribution in [2.45, 2.75) is 12.8 Å². The maximum Gasteiger partial charge on any atom is 0.231 e. The van der Waals surface area contributed by atoms with Crippen molar-refractivity contribution >= 4 is 11.6 Å². The van der Waals surface area contributed by atoms with E-state index in [2.05, 4.69) is 10.2 Å². The van der Waals surface area contributed by atoms with Crippen molar-refractivity contribution in [2.75, 3.05) is 57.9 Å². The highest BCUT2D eigenvalue weighted by molar-refractivity contribution is 5.83. The standard InChI is InChI=1S/C18H27N3O3/c1-24-14-18(6-8-19-9-7-18)17(23)21-12-10-20(11-13-21)15-2-4-16(22)5-3-15/h2-5,19,22H,6-14H2,1H3. The fourth-order valence-electron chi connectivity index (χ4n) is 3.77. The summed E-state index contributed by atoms with van der Waals surface area (Å²) in [5.74, 6) is 0.524. The number of aromatic hydroxyl groups is 1. The number of nitrogens with zero attached hydrogens (tertiary/aromatic N) is 2. The van der Waals surface area contributed by atoms with E-state index in [0.29, 0.717) is 6.61 Å². The molecule has 6 nitrogen and oxygen atoms in total. The topological polar surface area (TPSA) is 65.0 Å². The van der Waals surface area contributed by atoms with Gasteiger partial charge in [0, 0.05) is 39.0 Å². The lowest BCUT2D eigenvalue weighted by atomic mass is 9.78. The fraction of sp³-hybridized carbons (Fsp3) is 0.611. The van der Waals surface area contributed by atoms with Gasteiger partial charge in [-0.15, -0.1) is 0 Å². The molecule has 24 heavy (non-hydrogen) atoms. The largest absolute Gasteiger partial charge is 0.508 e. The maximum atomic E-state index is 13.1. The smallest absolute Gasteiger partial charge is 0.231 e. The summed E-state index contributed by atoms with van der Waals surface area (Å²) in [6, 6.07) is 7.25. The number of nitrogens with one attached hydrogen (secondary N) is 1. The van der Waals surface area contributed by atoms with E-state index in [-0.39, 0.29) is 17.1 Å². The minimum absolute atomic E-state index is 0.246. The predicted molar refractivity (Wildman–Crippen MR) is 93.3 cm³/mol. The molecule has 2 N–H and O–H groups in total. The number of methoxy groups -OCH3 is 1. The van der Waals surface area contributed by atoms with Crippen LogP contribution in [0.3, 0.4) is 0 Å².